The van der Waals surface area contributed by atoms with Crippen molar-refractivity contribution in [3.63, 3.8) is 0 Å². The zero-order valence-corrected chi connectivity index (χ0v) is 12.4. The molecule has 1 atom stereocenters. The predicted octanol–water partition coefficient (Wildman–Crippen LogP) is 3.33. The summed E-state index contributed by atoms with van der Waals surface area (Å²) in [6, 6.07) is 8.42. The second-order valence-electron chi connectivity index (χ2n) is 6.01. The topological polar surface area (TPSA) is 23.5 Å². The monoisotopic (exact) mass is 261 g/mol. The Kier molecular flexibility index (Phi) is 5.00. The minimum absolute atomic E-state index is 0.739. The predicted molar refractivity (Wildman–Crippen MR) is 80.3 cm³/mol. The molecule has 0 radical (unpaired) electrons. The van der Waals surface area contributed by atoms with E-state index < -0.39 is 5.60 Å². The molecule has 0 amide bonds. The van der Waals surface area contributed by atoms with Gasteiger partial charge in [-0.2, -0.15) is 0 Å². The van der Waals surface area contributed by atoms with E-state index in [1.54, 1.807) is 0 Å². The van der Waals surface area contributed by atoms with E-state index in [1.165, 1.54) is 31.2 Å². The lowest BCUT2D eigenvalue weighted by Crippen LogP contribution is -2.39. The third kappa shape index (κ3) is 4.05. The average molecular weight is 261 g/mol. The van der Waals surface area contributed by atoms with Crippen LogP contribution in [0.15, 0.2) is 24.3 Å². The molecule has 0 bridgehead atoms. The van der Waals surface area contributed by atoms with Gasteiger partial charge >= 0.3 is 0 Å². The number of likely N-dealkylation sites (tertiary alicyclic amines) is 1. The van der Waals surface area contributed by atoms with Gasteiger partial charge < -0.3 is 10.0 Å². The normalized spacial score (nSPS) is 20.8. The number of hydrogen-bond acceptors (Lipinski definition) is 2. The molecule has 1 saturated heterocycles. The van der Waals surface area contributed by atoms with Gasteiger partial charge in [0.05, 0.1) is 5.60 Å². The van der Waals surface area contributed by atoms with Gasteiger partial charge in [0.15, 0.2) is 0 Å². The molecule has 1 fully saturated rings. The van der Waals surface area contributed by atoms with Gasteiger partial charge in [-0.1, -0.05) is 44.0 Å². The van der Waals surface area contributed by atoms with Gasteiger partial charge in [-0.15, -0.1) is 0 Å². The number of β-amino-alcohol motifs (C(OH)–C–C–N with tert-alkyl or cyclic N) is 1. The van der Waals surface area contributed by atoms with Crippen LogP contribution in [0.4, 0.5) is 0 Å². The smallest absolute Gasteiger partial charge is 0.0994 e. The van der Waals surface area contributed by atoms with Crippen molar-refractivity contribution >= 4 is 0 Å². The van der Waals surface area contributed by atoms with E-state index in [4.69, 9.17) is 0 Å². The second-order valence-corrected chi connectivity index (χ2v) is 6.01. The fraction of sp³-hybridized carbons (Fsp3) is 0.647. The summed E-state index contributed by atoms with van der Waals surface area (Å²) >= 11 is 0. The largest absolute Gasteiger partial charge is 0.384 e. The first-order valence-electron chi connectivity index (χ1n) is 7.66. The lowest BCUT2D eigenvalue weighted by molar-refractivity contribution is 0.0168. The summed E-state index contributed by atoms with van der Waals surface area (Å²) in [6.07, 6.45) is 6.26. The van der Waals surface area contributed by atoms with E-state index in [0.717, 1.165) is 31.6 Å². The number of aryl methyl sites for hydroxylation is 1. The van der Waals surface area contributed by atoms with Crippen LogP contribution >= 0.6 is 0 Å². The van der Waals surface area contributed by atoms with Crippen molar-refractivity contribution in [2.24, 2.45) is 0 Å². The molecule has 2 rings (SSSR count). The van der Waals surface area contributed by atoms with Crippen molar-refractivity contribution in [3.8, 4) is 0 Å². The highest BCUT2D eigenvalue weighted by molar-refractivity contribution is 5.27. The highest BCUT2D eigenvalue weighted by Crippen LogP contribution is 2.24. The number of benzene rings is 1. The van der Waals surface area contributed by atoms with Crippen LogP contribution < -0.4 is 0 Å². The van der Waals surface area contributed by atoms with Crippen molar-refractivity contribution in [2.45, 2.75) is 51.6 Å². The molecule has 1 aromatic carbocycles. The Hall–Kier alpha value is -0.860. The van der Waals surface area contributed by atoms with E-state index in [2.05, 4.69) is 36.1 Å². The zero-order valence-electron chi connectivity index (χ0n) is 12.4. The molecule has 106 valence electrons. The molecule has 2 nitrogen and oxygen atoms in total. The van der Waals surface area contributed by atoms with Crippen LogP contribution in [0.3, 0.4) is 0 Å². The Morgan fingerprint density at radius 1 is 1.05 bits per heavy atom. The van der Waals surface area contributed by atoms with Crippen LogP contribution in [0.5, 0.6) is 0 Å². The molecule has 1 N–H and O–H groups in total. The summed E-state index contributed by atoms with van der Waals surface area (Å²) in [4.78, 5) is 2.42. The maximum Gasteiger partial charge on any atom is 0.0994 e. The standard InChI is InChI=1S/C17H27NO/c1-3-15-8-10-16(11-9-15)17(2,19)14-18-12-6-4-5-7-13-18/h8-11,19H,3-7,12-14H2,1-2H3. The zero-order chi connectivity index (χ0) is 13.7. The van der Waals surface area contributed by atoms with Crippen molar-refractivity contribution in [1.82, 2.24) is 4.90 Å². The Bertz CT molecular complexity index is 375. The molecular weight excluding hydrogens is 234 g/mol. The van der Waals surface area contributed by atoms with Gasteiger partial charge in [0.2, 0.25) is 0 Å². The quantitative estimate of drug-likeness (QED) is 0.898. The Morgan fingerprint density at radius 3 is 2.16 bits per heavy atom. The van der Waals surface area contributed by atoms with Gasteiger partial charge in [0.1, 0.15) is 0 Å². The molecule has 1 aliphatic heterocycles. The molecule has 1 aromatic rings. The number of nitrogens with zero attached hydrogens (tertiary/aromatic N) is 1. The maximum absolute atomic E-state index is 10.8. The van der Waals surface area contributed by atoms with E-state index in [1.807, 2.05) is 6.92 Å². The molecule has 1 aliphatic rings. The lowest BCUT2D eigenvalue weighted by atomic mass is 9.94. The van der Waals surface area contributed by atoms with Gasteiger partial charge in [-0.25, -0.2) is 0 Å². The van der Waals surface area contributed by atoms with E-state index in [-0.39, 0.29) is 0 Å². The van der Waals surface area contributed by atoms with Crippen LogP contribution in [-0.2, 0) is 12.0 Å². The van der Waals surface area contributed by atoms with Crippen LogP contribution in [0.2, 0.25) is 0 Å². The average Bonchev–Trinajstić information content (AvgIpc) is 2.67. The summed E-state index contributed by atoms with van der Waals surface area (Å²) in [7, 11) is 0. The fourth-order valence-corrected chi connectivity index (χ4v) is 2.92. The number of rotatable bonds is 4. The van der Waals surface area contributed by atoms with E-state index in [0.29, 0.717) is 0 Å². The minimum Gasteiger partial charge on any atom is -0.384 e. The van der Waals surface area contributed by atoms with Gasteiger partial charge in [-0.3, -0.25) is 0 Å². The van der Waals surface area contributed by atoms with E-state index in [9.17, 15) is 5.11 Å². The molecule has 1 unspecified atom stereocenters. The highest BCUT2D eigenvalue weighted by atomic mass is 16.3. The molecule has 0 spiro atoms. The van der Waals surface area contributed by atoms with Crippen molar-refractivity contribution < 1.29 is 5.11 Å². The maximum atomic E-state index is 10.8. The third-order valence-corrected chi connectivity index (χ3v) is 4.21. The van der Waals surface area contributed by atoms with Crippen molar-refractivity contribution in [2.75, 3.05) is 19.6 Å². The molecule has 0 saturated carbocycles. The lowest BCUT2D eigenvalue weighted by Gasteiger charge is -2.31. The first-order chi connectivity index (χ1) is 9.12. The third-order valence-electron chi connectivity index (χ3n) is 4.21. The van der Waals surface area contributed by atoms with Gasteiger partial charge in [-0.05, 0) is 50.4 Å². The van der Waals surface area contributed by atoms with Gasteiger partial charge in [0, 0.05) is 6.54 Å². The summed E-state index contributed by atoms with van der Waals surface area (Å²) in [6.45, 7) is 7.11. The van der Waals surface area contributed by atoms with E-state index >= 15 is 0 Å². The first kappa shape index (κ1) is 14.5. The summed E-state index contributed by atoms with van der Waals surface area (Å²) in [5, 5.41) is 10.8. The summed E-state index contributed by atoms with van der Waals surface area (Å²) in [5.74, 6) is 0. The molecule has 0 aliphatic carbocycles. The fourth-order valence-electron chi connectivity index (χ4n) is 2.92. The summed E-state index contributed by atoms with van der Waals surface area (Å²) in [5.41, 5.74) is 1.62. The number of aliphatic hydroxyl groups is 1. The second kappa shape index (κ2) is 6.53. The summed E-state index contributed by atoms with van der Waals surface area (Å²) < 4.78 is 0. The molecule has 2 heteroatoms. The highest BCUT2D eigenvalue weighted by Gasteiger charge is 2.26. The Morgan fingerprint density at radius 2 is 1.63 bits per heavy atom. The van der Waals surface area contributed by atoms with Crippen LogP contribution in [0, 0.1) is 0 Å². The van der Waals surface area contributed by atoms with Crippen molar-refractivity contribution in [1.29, 1.82) is 0 Å². The van der Waals surface area contributed by atoms with Gasteiger partial charge in [0.25, 0.3) is 0 Å². The van der Waals surface area contributed by atoms with Crippen LogP contribution in [0.25, 0.3) is 0 Å². The minimum atomic E-state index is -0.739. The Balaban J connectivity index is 2.02. The van der Waals surface area contributed by atoms with Crippen LogP contribution in [0.1, 0.15) is 50.7 Å². The van der Waals surface area contributed by atoms with Crippen molar-refractivity contribution in [3.05, 3.63) is 35.4 Å². The molecule has 0 aromatic heterocycles. The Labute approximate surface area is 117 Å². The first-order valence-corrected chi connectivity index (χ1v) is 7.66. The SMILES string of the molecule is CCc1ccc(C(C)(O)CN2CCCCCC2)cc1. The van der Waals surface area contributed by atoms with Crippen LogP contribution in [-0.4, -0.2) is 29.6 Å². The number of hydrogen-bond donors (Lipinski definition) is 1. The molecular formula is C17H27NO. The molecule has 1 heterocycles. The molecule has 19 heavy (non-hydrogen) atoms.